The van der Waals surface area contributed by atoms with E-state index < -0.39 is 21.8 Å². The lowest BCUT2D eigenvalue weighted by Gasteiger charge is -2.35. The second-order valence-electron chi connectivity index (χ2n) is 4.26. The van der Waals surface area contributed by atoms with E-state index in [9.17, 15) is 13.2 Å². The van der Waals surface area contributed by atoms with Crippen LogP contribution in [0.2, 0.25) is 5.15 Å². The number of halogens is 1. The highest BCUT2D eigenvalue weighted by Gasteiger charge is 2.33. The molecule has 1 atom stereocenters. The Balaban J connectivity index is 2.29. The highest BCUT2D eigenvalue weighted by atomic mass is 35.5. The van der Waals surface area contributed by atoms with Gasteiger partial charge in [-0.3, -0.25) is 9.78 Å². The van der Waals surface area contributed by atoms with Crippen LogP contribution in [0.5, 0.6) is 0 Å². The molecule has 9 heteroatoms. The third-order valence-electron chi connectivity index (χ3n) is 2.83. The molecule has 104 valence electrons. The zero-order valence-electron chi connectivity index (χ0n) is 9.86. The molecular formula is C10H12ClN3O4S. The molecule has 0 saturated carbocycles. The van der Waals surface area contributed by atoms with E-state index >= 15 is 0 Å². The Hall–Kier alpha value is -1.41. The minimum absolute atomic E-state index is 0.0304. The van der Waals surface area contributed by atoms with Crippen LogP contribution in [-0.2, 0) is 14.6 Å². The van der Waals surface area contributed by atoms with Crippen molar-refractivity contribution < 1.29 is 18.3 Å². The van der Waals surface area contributed by atoms with Crippen LogP contribution < -0.4 is 4.90 Å². The number of carbonyl (C=O) groups is 1. The smallest absolute Gasteiger partial charge is 0.305 e. The highest BCUT2D eigenvalue weighted by molar-refractivity contribution is 7.91. The first-order valence-corrected chi connectivity index (χ1v) is 7.74. The Morgan fingerprint density at radius 3 is 2.89 bits per heavy atom. The van der Waals surface area contributed by atoms with Crippen molar-refractivity contribution in [2.24, 2.45) is 0 Å². The number of carboxylic acid groups (broad SMARTS) is 1. The standard InChI is InChI=1S/C10H12ClN3O4S/c11-8-4-12-5-9(13-8)14-1-2-19(17,18)6-7(14)3-10(15)16/h4-5,7H,1-3,6H2,(H,15,16). The minimum Gasteiger partial charge on any atom is -0.481 e. The molecule has 0 amide bonds. The van der Waals surface area contributed by atoms with E-state index in [1.807, 2.05) is 0 Å². The minimum atomic E-state index is -3.21. The largest absolute Gasteiger partial charge is 0.481 e. The Morgan fingerprint density at radius 2 is 2.26 bits per heavy atom. The molecule has 2 rings (SSSR count). The van der Waals surface area contributed by atoms with E-state index in [-0.39, 0.29) is 29.6 Å². The molecule has 0 aromatic carbocycles. The van der Waals surface area contributed by atoms with Crippen molar-refractivity contribution in [3.05, 3.63) is 17.5 Å². The molecule has 0 radical (unpaired) electrons. The van der Waals surface area contributed by atoms with E-state index in [0.717, 1.165) is 0 Å². The lowest BCUT2D eigenvalue weighted by Crippen LogP contribution is -2.49. The summed E-state index contributed by atoms with van der Waals surface area (Å²) in [5.41, 5.74) is 0. The van der Waals surface area contributed by atoms with Crippen LogP contribution in [0.25, 0.3) is 0 Å². The number of rotatable bonds is 3. The first kappa shape index (κ1) is 14.0. The summed E-state index contributed by atoms with van der Waals surface area (Å²) in [5.74, 6) is -0.888. The first-order chi connectivity index (χ1) is 8.87. The van der Waals surface area contributed by atoms with Gasteiger partial charge in [-0.2, -0.15) is 0 Å². The second kappa shape index (κ2) is 5.30. The summed E-state index contributed by atoms with van der Waals surface area (Å²) in [6.07, 6.45) is 2.53. The summed E-state index contributed by atoms with van der Waals surface area (Å²) < 4.78 is 23.2. The second-order valence-corrected chi connectivity index (χ2v) is 6.88. The summed E-state index contributed by atoms with van der Waals surface area (Å²) in [4.78, 5) is 20.4. The fourth-order valence-electron chi connectivity index (χ4n) is 2.03. The Bertz CT molecular complexity index is 592. The molecule has 1 aliphatic heterocycles. The molecule has 0 bridgehead atoms. The van der Waals surface area contributed by atoms with Gasteiger partial charge in [0.25, 0.3) is 0 Å². The zero-order chi connectivity index (χ0) is 14.0. The molecular weight excluding hydrogens is 294 g/mol. The molecule has 1 aliphatic rings. The van der Waals surface area contributed by atoms with Crippen molar-refractivity contribution >= 4 is 33.2 Å². The molecule has 7 nitrogen and oxygen atoms in total. The number of aromatic nitrogens is 2. The Labute approximate surface area is 115 Å². The number of aliphatic carboxylic acids is 1. The van der Waals surface area contributed by atoms with Crippen LogP contribution in [0.15, 0.2) is 12.4 Å². The van der Waals surface area contributed by atoms with Crippen LogP contribution >= 0.6 is 11.6 Å². The maximum absolute atomic E-state index is 11.6. The molecule has 0 aliphatic carbocycles. The van der Waals surface area contributed by atoms with E-state index in [0.29, 0.717) is 5.82 Å². The third-order valence-corrected chi connectivity index (χ3v) is 4.71. The van der Waals surface area contributed by atoms with E-state index in [1.54, 1.807) is 4.90 Å². The molecule has 1 N–H and O–H groups in total. The predicted molar refractivity (Wildman–Crippen MR) is 69.1 cm³/mol. The van der Waals surface area contributed by atoms with Gasteiger partial charge in [0.15, 0.2) is 9.84 Å². The molecule has 1 unspecified atom stereocenters. The van der Waals surface area contributed by atoms with Gasteiger partial charge in [0.1, 0.15) is 11.0 Å². The third kappa shape index (κ3) is 3.54. The van der Waals surface area contributed by atoms with Gasteiger partial charge in [-0.05, 0) is 0 Å². The number of hydrogen-bond donors (Lipinski definition) is 1. The fourth-order valence-corrected chi connectivity index (χ4v) is 3.70. The maximum atomic E-state index is 11.6. The van der Waals surface area contributed by atoms with Crippen molar-refractivity contribution in [3.63, 3.8) is 0 Å². The van der Waals surface area contributed by atoms with Crippen LogP contribution in [0.3, 0.4) is 0 Å². The quantitative estimate of drug-likeness (QED) is 0.851. The van der Waals surface area contributed by atoms with Gasteiger partial charge in [0, 0.05) is 6.54 Å². The van der Waals surface area contributed by atoms with Crippen molar-refractivity contribution in [3.8, 4) is 0 Å². The molecule has 0 spiro atoms. The van der Waals surface area contributed by atoms with E-state index in [1.165, 1.54) is 12.4 Å². The summed E-state index contributed by atoms with van der Waals surface area (Å²) in [5, 5.41) is 9.05. The van der Waals surface area contributed by atoms with Gasteiger partial charge in [-0.25, -0.2) is 13.4 Å². The Kier molecular flexibility index (Phi) is 3.91. The van der Waals surface area contributed by atoms with Gasteiger partial charge < -0.3 is 10.0 Å². The van der Waals surface area contributed by atoms with Gasteiger partial charge >= 0.3 is 5.97 Å². The number of nitrogens with zero attached hydrogens (tertiary/aromatic N) is 3. The number of hydrogen-bond acceptors (Lipinski definition) is 6. The molecule has 1 aromatic heterocycles. The van der Waals surface area contributed by atoms with E-state index in [4.69, 9.17) is 16.7 Å². The first-order valence-electron chi connectivity index (χ1n) is 5.54. The summed E-state index contributed by atoms with van der Waals surface area (Å²) >= 11 is 5.74. The molecule has 19 heavy (non-hydrogen) atoms. The van der Waals surface area contributed by atoms with Crippen LogP contribution in [0.4, 0.5) is 5.82 Å². The van der Waals surface area contributed by atoms with Crippen LogP contribution in [0.1, 0.15) is 6.42 Å². The van der Waals surface area contributed by atoms with Gasteiger partial charge in [-0.1, -0.05) is 11.6 Å². The monoisotopic (exact) mass is 305 g/mol. The molecule has 1 fully saturated rings. The number of anilines is 1. The predicted octanol–water partition coefficient (Wildman–Crippen LogP) is 0.208. The fraction of sp³-hybridized carbons (Fsp3) is 0.500. The van der Waals surface area contributed by atoms with Crippen molar-refractivity contribution in [1.29, 1.82) is 0 Å². The number of carboxylic acids is 1. The topological polar surface area (TPSA) is 100 Å². The van der Waals surface area contributed by atoms with Crippen LogP contribution in [-0.4, -0.2) is 53.6 Å². The molecule has 2 heterocycles. The highest BCUT2D eigenvalue weighted by Crippen LogP contribution is 2.22. The van der Waals surface area contributed by atoms with Gasteiger partial charge in [0.2, 0.25) is 0 Å². The molecule has 1 saturated heterocycles. The van der Waals surface area contributed by atoms with Crippen molar-refractivity contribution in [2.75, 3.05) is 23.0 Å². The number of sulfone groups is 1. The summed E-state index contributed by atoms with van der Waals surface area (Å²) in [6, 6.07) is -0.649. The van der Waals surface area contributed by atoms with Crippen molar-refractivity contribution in [1.82, 2.24) is 9.97 Å². The maximum Gasteiger partial charge on any atom is 0.305 e. The van der Waals surface area contributed by atoms with Crippen LogP contribution in [0, 0.1) is 0 Å². The average Bonchev–Trinajstić information content (AvgIpc) is 2.27. The Morgan fingerprint density at radius 1 is 1.53 bits per heavy atom. The van der Waals surface area contributed by atoms with E-state index in [2.05, 4.69) is 9.97 Å². The normalized spacial score (nSPS) is 22.2. The van der Waals surface area contributed by atoms with Gasteiger partial charge in [0.05, 0.1) is 36.4 Å². The summed E-state index contributed by atoms with van der Waals surface area (Å²) in [6.45, 7) is 0.190. The lowest BCUT2D eigenvalue weighted by molar-refractivity contribution is -0.137. The average molecular weight is 306 g/mol. The molecule has 1 aromatic rings. The lowest BCUT2D eigenvalue weighted by atomic mass is 10.2. The zero-order valence-corrected chi connectivity index (χ0v) is 11.4. The SMILES string of the molecule is O=C(O)CC1CS(=O)(=O)CCN1c1cncc(Cl)n1. The summed E-state index contributed by atoms with van der Waals surface area (Å²) in [7, 11) is -3.21. The van der Waals surface area contributed by atoms with Crippen molar-refractivity contribution in [2.45, 2.75) is 12.5 Å². The van der Waals surface area contributed by atoms with Gasteiger partial charge in [-0.15, -0.1) is 0 Å².